The van der Waals surface area contributed by atoms with Gasteiger partial charge in [-0.1, -0.05) is 0 Å². The van der Waals surface area contributed by atoms with Crippen molar-refractivity contribution in [1.29, 1.82) is 10.8 Å². The van der Waals surface area contributed by atoms with Gasteiger partial charge in [0.2, 0.25) is 0 Å². The Morgan fingerprint density at radius 2 is 2.04 bits per heavy atom. The zero-order valence-corrected chi connectivity index (χ0v) is 15.0. The third-order valence-corrected chi connectivity index (χ3v) is 5.30. The highest BCUT2D eigenvalue weighted by atomic mass is 32.1. The number of rotatable bonds is 3. The molecule has 1 aromatic heterocycles. The molecule has 140 valence electrons. The molecular formula is C17H16F2N6OS. The Bertz CT molecular complexity index is 941. The second-order valence-corrected chi connectivity index (χ2v) is 7.28. The van der Waals surface area contributed by atoms with Crippen LogP contribution in [0.4, 0.5) is 8.78 Å². The van der Waals surface area contributed by atoms with Crippen molar-refractivity contribution in [2.24, 2.45) is 0 Å². The van der Waals surface area contributed by atoms with E-state index in [1.54, 1.807) is 0 Å². The van der Waals surface area contributed by atoms with Gasteiger partial charge in [-0.2, -0.15) is 4.37 Å². The summed E-state index contributed by atoms with van der Waals surface area (Å²) in [5, 5.41) is 17.0. The van der Waals surface area contributed by atoms with Crippen LogP contribution in [0.25, 0.3) is 0 Å². The van der Waals surface area contributed by atoms with Gasteiger partial charge in [0.25, 0.3) is 5.91 Å². The maximum Gasteiger partial charge on any atom is 0.257 e. The molecule has 2 aliphatic rings. The monoisotopic (exact) mass is 390 g/mol. The molecular weight excluding hydrogens is 374 g/mol. The van der Waals surface area contributed by atoms with Crippen LogP contribution in [0.15, 0.2) is 18.2 Å². The summed E-state index contributed by atoms with van der Waals surface area (Å²) in [6, 6.07) is 2.80. The smallest absolute Gasteiger partial charge is 0.257 e. The Hall–Kier alpha value is -2.75. The fraction of sp³-hybridized carbons (Fsp3) is 0.353. The lowest BCUT2D eigenvalue weighted by Gasteiger charge is -2.35. The average Bonchev–Trinajstić information content (AvgIpc) is 3.37. The lowest BCUT2D eigenvalue weighted by molar-refractivity contribution is 0.0752. The van der Waals surface area contributed by atoms with E-state index in [4.69, 9.17) is 10.8 Å². The molecule has 1 aromatic carbocycles. The molecule has 10 heteroatoms. The molecule has 1 aliphatic heterocycles. The maximum absolute atomic E-state index is 13.9. The summed E-state index contributed by atoms with van der Waals surface area (Å²) in [5.74, 6) is -1.000. The van der Waals surface area contributed by atoms with Crippen molar-refractivity contribution in [3.8, 4) is 0 Å². The Balaban J connectivity index is 1.44. The third kappa shape index (κ3) is 3.44. The van der Waals surface area contributed by atoms with Crippen molar-refractivity contribution in [3.63, 3.8) is 0 Å². The van der Waals surface area contributed by atoms with E-state index in [1.165, 1.54) is 9.80 Å². The lowest BCUT2D eigenvalue weighted by Crippen LogP contribution is -2.54. The van der Waals surface area contributed by atoms with Crippen molar-refractivity contribution in [3.05, 3.63) is 46.2 Å². The standard InChI is InChI=1S/C17H16F2N6OS/c18-10-3-4-11(12(19)7-10)17(26)24-5-6-25(13(20)8-24)14(21)16-22-15(23-27-16)9-1-2-9/h3-4,7,9,20-21H,1-2,5-6,8H2. The van der Waals surface area contributed by atoms with Gasteiger partial charge < -0.3 is 9.80 Å². The number of hydrogen-bond donors (Lipinski definition) is 2. The minimum absolute atomic E-state index is 0.0466. The number of hydrogen-bond acceptors (Lipinski definition) is 6. The zero-order valence-electron chi connectivity index (χ0n) is 14.2. The zero-order chi connectivity index (χ0) is 19.1. The molecule has 0 spiro atoms. The van der Waals surface area contributed by atoms with E-state index >= 15 is 0 Å². The van der Waals surface area contributed by atoms with Crippen molar-refractivity contribution in [2.75, 3.05) is 19.6 Å². The summed E-state index contributed by atoms with van der Waals surface area (Å²) in [4.78, 5) is 19.7. The quantitative estimate of drug-likeness (QED) is 0.621. The highest BCUT2D eigenvalue weighted by molar-refractivity contribution is 7.07. The van der Waals surface area contributed by atoms with E-state index < -0.39 is 17.5 Å². The summed E-state index contributed by atoms with van der Waals surface area (Å²) in [6.07, 6.45) is 2.14. The number of carbonyl (C=O) groups is 1. The molecule has 2 N–H and O–H groups in total. The van der Waals surface area contributed by atoms with Crippen LogP contribution in [0, 0.1) is 22.5 Å². The molecule has 2 aromatic rings. The van der Waals surface area contributed by atoms with Gasteiger partial charge in [0.15, 0.2) is 10.8 Å². The first-order chi connectivity index (χ1) is 12.9. The van der Waals surface area contributed by atoms with Crippen LogP contribution < -0.4 is 0 Å². The van der Waals surface area contributed by atoms with Gasteiger partial charge in [0, 0.05) is 25.1 Å². The SMILES string of the molecule is N=C1CN(C(=O)c2ccc(F)cc2F)CCN1C(=N)c1nc(C2CC2)ns1. The Morgan fingerprint density at radius 1 is 1.26 bits per heavy atom. The number of nitrogens with zero attached hydrogens (tertiary/aromatic N) is 4. The molecule has 1 amide bonds. The number of piperazine rings is 1. The van der Waals surface area contributed by atoms with E-state index in [0.29, 0.717) is 17.0 Å². The molecule has 2 fully saturated rings. The predicted octanol–water partition coefficient (Wildman–Crippen LogP) is 2.45. The number of amides is 1. The minimum Gasteiger partial charge on any atom is -0.329 e. The van der Waals surface area contributed by atoms with Crippen LogP contribution in [-0.4, -0.2) is 56.4 Å². The first-order valence-electron chi connectivity index (χ1n) is 8.46. The number of aromatic nitrogens is 2. The van der Waals surface area contributed by atoms with Gasteiger partial charge in [0.1, 0.15) is 23.3 Å². The Labute approximate surface area is 157 Å². The molecule has 7 nitrogen and oxygen atoms in total. The van der Waals surface area contributed by atoms with E-state index in [1.807, 2.05) is 0 Å². The summed E-state index contributed by atoms with van der Waals surface area (Å²) in [7, 11) is 0. The maximum atomic E-state index is 13.9. The predicted molar refractivity (Wildman–Crippen MR) is 95.4 cm³/mol. The number of amidine groups is 2. The Kier molecular flexibility index (Phi) is 4.42. The van der Waals surface area contributed by atoms with Crippen LogP contribution in [0.5, 0.6) is 0 Å². The first-order valence-corrected chi connectivity index (χ1v) is 9.23. The number of carbonyl (C=O) groups excluding carboxylic acids is 1. The molecule has 1 aliphatic carbocycles. The van der Waals surface area contributed by atoms with Crippen molar-refractivity contribution < 1.29 is 13.6 Å². The molecule has 1 saturated heterocycles. The van der Waals surface area contributed by atoms with Crippen molar-refractivity contribution in [2.45, 2.75) is 18.8 Å². The van der Waals surface area contributed by atoms with Gasteiger partial charge in [-0.15, -0.1) is 0 Å². The number of benzene rings is 1. The molecule has 0 unspecified atom stereocenters. The van der Waals surface area contributed by atoms with Crippen molar-refractivity contribution >= 4 is 29.1 Å². The second kappa shape index (κ2) is 6.76. The van der Waals surface area contributed by atoms with Crippen LogP contribution in [-0.2, 0) is 0 Å². The molecule has 27 heavy (non-hydrogen) atoms. The fourth-order valence-electron chi connectivity index (χ4n) is 2.91. The number of nitrogens with one attached hydrogen (secondary N) is 2. The summed E-state index contributed by atoms with van der Waals surface area (Å²) < 4.78 is 31.2. The highest BCUT2D eigenvalue weighted by Gasteiger charge is 2.32. The van der Waals surface area contributed by atoms with Gasteiger partial charge in [-0.05, 0) is 36.5 Å². The number of halogens is 2. The summed E-state index contributed by atoms with van der Waals surface area (Å²) in [5.41, 5.74) is -0.231. The molecule has 0 radical (unpaired) electrons. The Morgan fingerprint density at radius 3 is 2.70 bits per heavy atom. The van der Waals surface area contributed by atoms with Crippen molar-refractivity contribution in [1.82, 2.24) is 19.2 Å². The molecule has 4 rings (SSSR count). The van der Waals surface area contributed by atoms with Crippen LogP contribution >= 0.6 is 11.5 Å². The molecule has 0 atom stereocenters. The minimum atomic E-state index is -0.928. The summed E-state index contributed by atoms with van der Waals surface area (Å²) >= 11 is 1.14. The second-order valence-electron chi connectivity index (χ2n) is 6.53. The van der Waals surface area contributed by atoms with Gasteiger partial charge in [-0.3, -0.25) is 15.6 Å². The highest BCUT2D eigenvalue weighted by Crippen LogP contribution is 2.38. The van der Waals surface area contributed by atoms with Gasteiger partial charge >= 0.3 is 0 Å². The van der Waals surface area contributed by atoms with Gasteiger partial charge in [0.05, 0.1) is 12.1 Å². The van der Waals surface area contributed by atoms with E-state index in [2.05, 4.69) is 9.36 Å². The molecule has 1 saturated carbocycles. The lowest BCUT2D eigenvalue weighted by atomic mass is 10.1. The fourth-order valence-corrected chi connectivity index (χ4v) is 3.61. The average molecular weight is 390 g/mol. The topological polar surface area (TPSA) is 97.0 Å². The molecule has 2 heterocycles. The van der Waals surface area contributed by atoms with E-state index in [9.17, 15) is 13.6 Å². The summed E-state index contributed by atoms with van der Waals surface area (Å²) in [6.45, 7) is 0.381. The van der Waals surface area contributed by atoms with Crippen LogP contribution in [0.2, 0.25) is 0 Å². The van der Waals surface area contributed by atoms with Crippen LogP contribution in [0.1, 0.15) is 39.9 Å². The van der Waals surface area contributed by atoms with Gasteiger partial charge in [-0.25, -0.2) is 13.8 Å². The van der Waals surface area contributed by atoms with E-state index in [-0.39, 0.29) is 36.9 Å². The normalized spacial score (nSPS) is 17.3. The van der Waals surface area contributed by atoms with Crippen LogP contribution in [0.3, 0.4) is 0 Å². The third-order valence-electron chi connectivity index (χ3n) is 4.57. The molecule has 0 bridgehead atoms. The largest absolute Gasteiger partial charge is 0.329 e. The van der Waals surface area contributed by atoms with E-state index in [0.717, 1.165) is 42.3 Å². The first kappa shape index (κ1) is 17.7.